The van der Waals surface area contributed by atoms with Crippen LogP contribution >= 0.6 is 11.6 Å². The predicted molar refractivity (Wildman–Crippen MR) is 71.2 cm³/mol. The van der Waals surface area contributed by atoms with Crippen LogP contribution in [0.3, 0.4) is 0 Å². The van der Waals surface area contributed by atoms with Gasteiger partial charge < -0.3 is 5.11 Å². The zero-order valence-corrected chi connectivity index (χ0v) is 11.1. The summed E-state index contributed by atoms with van der Waals surface area (Å²) in [6.07, 6.45) is -0.882. The molecular weight excluding hydrogens is 270 g/mol. The second kappa shape index (κ2) is 5.68. The third-order valence-electron chi connectivity index (χ3n) is 2.95. The molecule has 0 aliphatic heterocycles. The van der Waals surface area contributed by atoms with E-state index in [1.807, 2.05) is 31.2 Å². The first-order chi connectivity index (χ1) is 8.97. The van der Waals surface area contributed by atoms with Crippen molar-refractivity contribution >= 4 is 11.6 Å². The first-order valence-corrected chi connectivity index (χ1v) is 6.23. The Kier molecular flexibility index (Phi) is 4.17. The highest BCUT2D eigenvalue weighted by molar-refractivity contribution is 6.30. The summed E-state index contributed by atoms with van der Waals surface area (Å²) in [4.78, 5) is 0. The number of aryl methyl sites for hydroxylation is 1. The van der Waals surface area contributed by atoms with Crippen molar-refractivity contribution in [2.24, 2.45) is 0 Å². The van der Waals surface area contributed by atoms with Gasteiger partial charge in [0.2, 0.25) is 0 Å². The molecule has 0 radical (unpaired) electrons. The van der Waals surface area contributed by atoms with E-state index in [1.54, 1.807) is 0 Å². The van der Waals surface area contributed by atoms with Gasteiger partial charge in [-0.2, -0.15) is 0 Å². The van der Waals surface area contributed by atoms with Crippen LogP contribution in [-0.2, 0) is 6.42 Å². The fourth-order valence-electron chi connectivity index (χ4n) is 1.85. The van der Waals surface area contributed by atoms with Crippen molar-refractivity contribution in [1.29, 1.82) is 0 Å². The van der Waals surface area contributed by atoms with E-state index in [0.29, 0.717) is 0 Å². The van der Waals surface area contributed by atoms with Gasteiger partial charge in [-0.15, -0.1) is 0 Å². The zero-order valence-electron chi connectivity index (χ0n) is 10.3. The predicted octanol–water partition coefficient (Wildman–Crippen LogP) is 4.20. The Bertz CT molecular complexity index is 581. The van der Waals surface area contributed by atoms with Crippen LogP contribution in [0, 0.1) is 18.6 Å². The maximum Gasteiger partial charge on any atom is 0.142 e. The van der Waals surface area contributed by atoms with Crippen molar-refractivity contribution < 1.29 is 13.9 Å². The van der Waals surface area contributed by atoms with Gasteiger partial charge in [-0.3, -0.25) is 0 Å². The van der Waals surface area contributed by atoms with Crippen LogP contribution in [0.25, 0.3) is 0 Å². The molecule has 0 fully saturated rings. The third kappa shape index (κ3) is 3.31. The fraction of sp³-hybridized carbons (Fsp3) is 0.200. The average molecular weight is 283 g/mol. The molecule has 1 N–H and O–H groups in total. The highest BCUT2D eigenvalue weighted by Crippen LogP contribution is 2.26. The van der Waals surface area contributed by atoms with Gasteiger partial charge in [-0.1, -0.05) is 41.4 Å². The Labute approximate surface area is 115 Å². The quantitative estimate of drug-likeness (QED) is 0.837. The highest BCUT2D eigenvalue weighted by atomic mass is 35.5. The van der Waals surface area contributed by atoms with Crippen molar-refractivity contribution in [2.75, 3.05) is 0 Å². The van der Waals surface area contributed by atoms with E-state index in [-0.39, 0.29) is 17.0 Å². The van der Waals surface area contributed by atoms with E-state index in [4.69, 9.17) is 11.6 Å². The topological polar surface area (TPSA) is 20.2 Å². The molecule has 0 bridgehead atoms. The van der Waals surface area contributed by atoms with Gasteiger partial charge >= 0.3 is 0 Å². The molecule has 0 heterocycles. The smallest absolute Gasteiger partial charge is 0.142 e. The minimum atomic E-state index is -1.10. The van der Waals surface area contributed by atoms with Crippen LogP contribution in [-0.4, -0.2) is 5.11 Å². The van der Waals surface area contributed by atoms with E-state index >= 15 is 0 Å². The summed E-state index contributed by atoms with van der Waals surface area (Å²) >= 11 is 5.47. The maximum atomic E-state index is 13.6. The summed E-state index contributed by atoms with van der Waals surface area (Å²) in [6, 6.07) is 9.33. The normalized spacial score (nSPS) is 12.5. The van der Waals surface area contributed by atoms with Crippen LogP contribution in [0.5, 0.6) is 0 Å². The van der Waals surface area contributed by atoms with Gasteiger partial charge in [0, 0.05) is 12.0 Å². The second-order valence-electron chi connectivity index (χ2n) is 4.49. The van der Waals surface area contributed by atoms with Crippen molar-refractivity contribution in [3.8, 4) is 0 Å². The molecule has 1 unspecified atom stereocenters. The van der Waals surface area contributed by atoms with Crippen molar-refractivity contribution in [3.63, 3.8) is 0 Å². The molecular formula is C15H13ClF2O. The third-order valence-corrected chi connectivity index (χ3v) is 3.24. The van der Waals surface area contributed by atoms with Gasteiger partial charge in [-0.25, -0.2) is 8.78 Å². The summed E-state index contributed by atoms with van der Waals surface area (Å²) in [6.45, 7) is 1.95. The average Bonchev–Trinajstić information content (AvgIpc) is 2.36. The lowest BCUT2D eigenvalue weighted by molar-refractivity contribution is 0.173. The monoisotopic (exact) mass is 282 g/mol. The lowest BCUT2D eigenvalue weighted by Gasteiger charge is -2.13. The maximum absolute atomic E-state index is 13.6. The Balaban J connectivity index is 2.22. The molecule has 2 aromatic rings. The number of hydrogen-bond donors (Lipinski definition) is 1. The Morgan fingerprint density at radius 1 is 1.11 bits per heavy atom. The molecule has 2 aromatic carbocycles. The SMILES string of the molecule is Cc1ccc(CC(O)c2cc(F)c(Cl)cc2F)cc1. The van der Waals surface area contributed by atoms with Crippen LogP contribution in [0.15, 0.2) is 36.4 Å². The molecule has 1 nitrogen and oxygen atoms in total. The molecule has 0 saturated carbocycles. The van der Waals surface area contributed by atoms with Crippen LogP contribution < -0.4 is 0 Å². The molecule has 0 aliphatic carbocycles. The number of rotatable bonds is 3. The molecule has 0 spiro atoms. The van der Waals surface area contributed by atoms with Crippen molar-refractivity contribution in [2.45, 2.75) is 19.4 Å². The fourth-order valence-corrected chi connectivity index (χ4v) is 2.00. The molecule has 1 atom stereocenters. The number of aliphatic hydroxyl groups excluding tert-OH is 1. The number of aliphatic hydroxyl groups is 1. The first-order valence-electron chi connectivity index (χ1n) is 5.85. The van der Waals surface area contributed by atoms with Gasteiger partial charge in [0.1, 0.15) is 11.6 Å². The van der Waals surface area contributed by atoms with Gasteiger partial charge in [0.25, 0.3) is 0 Å². The zero-order chi connectivity index (χ0) is 14.0. The molecule has 19 heavy (non-hydrogen) atoms. The minimum Gasteiger partial charge on any atom is -0.388 e. The summed E-state index contributed by atoms with van der Waals surface area (Å²) < 4.78 is 26.9. The first kappa shape index (κ1) is 14.0. The Hall–Kier alpha value is -1.45. The molecule has 0 aliphatic rings. The lowest BCUT2D eigenvalue weighted by Crippen LogP contribution is -2.05. The molecule has 0 aromatic heterocycles. The van der Waals surface area contributed by atoms with E-state index in [2.05, 4.69) is 0 Å². The van der Waals surface area contributed by atoms with E-state index in [1.165, 1.54) is 0 Å². The van der Waals surface area contributed by atoms with E-state index in [0.717, 1.165) is 23.3 Å². The summed E-state index contributed by atoms with van der Waals surface area (Å²) in [5, 5.41) is 9.70. The lowest BCUT2D eigenvalue weighted by atomic mass is 10.00. The van der Waals surface area contributed by atoms with Gasteiger partial charge in [-0.05, 0) is 24.6 Å². The van der Waals surface area contributed by atoms with Crippen LogP contribution in [0.4, 0.5) is 8.78 Å². The summed E-state index contributed by atoms with van der Waals surface area (Å²) in [5.41, 5.74) is 1.87. The second-order valence-corrected chi connectivity index (χ2v) is 4.90. The van der Waals surface area contributed by atoms with E-state index in [9.17, 15) is 13.9 Å². The Morgan fingerprint density at radius 2 is 1.74 bits per heavy atom. The van der Waals surface area contributed by atoms with Crippen LogP contribution in [0.2, 0.25) is 5.02 Å². The van der Waals surface area contributed by atoms with Crippen molar-refractivity contribution in [3.05, 3.63) is 69.7 Å². The number of hydrogen-bond acceptors (Lipinski definition) is 1. The molecule has 0 saturated heterocycles. The molecule has 0 amide bonds. The summed E-state index contributed by atoms with van der Waals surface area (Å²) in [5.74, 6) is -1.44. The minimum absolute atomic E-state index is 0.0810. The van der Waals surface area contributed by atoms with Gasteiger partial charge in [0.05, 0.1) is 11.1 Å². The molecule has 4 heteroatoms. The number of benzene rings is 2. The van der Waals surface area contributed by atoms with Crippen molar-refractivity contribution in [1.82, 2.24) is 0 Å². The van der Waals surface area contributed by atoms with E-state index < -0.39 is 17.7 Å². The standard InChI is InChI=1S/C15H13ClF2O/c1-9-2-4-10(5-3-9)6-15(19)11-7-14(18)12(16)8-13(11)17/h2-5,7-8,15,19H,6H2,1H3. The molecule has 100 valence electrons. The van der Waals surface area contributed by atoms with Gasteiger partial charge in [0.15, 0.2) is 0 Å². The number of halogens is 3. The largest absolute Gasteiger partial charge is 0.388 e. The summed E-state index contributed by atoms with van der Waals surface area (Å²) in [7, 11) is 0. The Morgan fingerprint density at radius 3 is 2.37 bits per heavy atom. The van der Waals surface area contributed by atoms with Crippen LogP contribution in [0.1, 0.15) is 22.8 Å². The highest BCUT2D eigenvalue weighted by Gasteiger charge is 2.16. The molecule has 2 rings (SSSR count).